The third-order valence-electron chi connectivity index (χ3n) is 9.54. The van der Waals surface area contributed by atoms with Crippen LogP contribution >= 0.6 is 0 Å². The van der Waals surface area contributed by atoms with Crippen molar-refractivity contribution in [2.75, 3.05) is 0 Å². The normalized spacial score (nSPS) is 28.6. The number of carbonyl (C=O) groups excluding carboxylic acids is 1. The summed E-state index contributed by atoms with van der Waals surface area (Å²) in [5.74, 6) is -2.38. The maximum absolute atomic E-state index is 13.3. The fourth-order valence-electron chi connectivity index (χ4n) is 7.42. The lowest BCUT2D eigenvalue weighted by Crippen LogP contribution is -2.43. The van der Waals surface area contributed by atoms with Gasteiger partial charge >= 0.3 is 11.9 Å². The van der Waals surface area contributed by atoms with Crippen molar-refractivity contribution in [3.63, 3.8) is 0 Å². The summed E-state index contributed by atoms with van der Waals surface area (Å²) in [7, 11) is 0. The zero-order valence-electron chi connectivity index (χ0n) is 24.1. The number of ketones is 1. The predicted octanol–water partition coefficient (Wildman–Crippen LogP) is 5.49. The number of unbranched alkanes of at least 4 members (excludes halogenated alkanes) is 7. The Labute approximate surface area is 234 Å². The zero-order valence-corrected chi connectivity index (χ0v) is 24.1. The second-order valence-electron chi connectivity index (χ2n) is 12.4. The molecule has 0 bridgehead atoms. The highest BCUT2D eigenvalue weighted by Crippen LogP contribution is 2.56. The van der Waals surface area contributed by atoms with Crippen molar-refractivity contribution in [2.45, 2.75) is 154 Å². The van der Waals surface area contributed by atoms with Gasteiger partial charge in [-0.2, -0.15) is 0 Å². The van der Waals surface area contributed by atoms with E-state index in [1.54, 1.807) is 0 Å². The summed E-state index contributed by atoms with van der Waals surface area (Å²) in [6.45, 7) is 2.18. The molecule has 0 aromatic heterocycles. The lowest BCUT2D eigenvalue weighted by molar-refractivity contribution is -0.138. The number of hydrogen-bond acceptors (Lipinski definition) is 6. The van der Waals surface area contributed by atoms with Gasteiger partial charge in [-0.05, 0) is 69.6 Å². The Morgan fingerprint density at radius 1 is 0.872 bits per heavy atom. The molecule has 0 saturated heterocycles. The van der Waals surface area contributed by atoms with Crippen molar-refractivity contribution in [1.29, 1.82) is 0 Å². The second-order valence-corrected chi connectivity index (χ2v) is 12.4. The van der Waals surface area contributed by atoms with Crippen LogP contribution in [0.4, 0.5) is 0 Å². The van der Waals surface area contributed by atoms with Crippen LogP contribution in [0.25, 0.3) is 0 Å². The van der Waals surface area contributed by atoms with Gasteiger partial charge in [0, 0.05) is 24.2 Å². The first kappa shape index (κ1) is 33.7. The van der Waals surface area contributed by atoms with E-state index in [1.807, 2.05) is 0 Å². The van der Waals surface area contributed by atoms with Crippen LogP contribution in [-0.2, 0) is 14.4 Å². The summed E-state index contributed by atoms with van der Waals surface area (Å²) in [5, 5.41) is 50.8. The molecule has 8 nitrogen and oxygen atoms in total. The zero-order chi connectivity index (χ0) is 28.8. The fraction of sp³-hybridized carbons (Fsp3) is 0.903. The van der Waals surface area contributed by atoms with Gasteiger partial charge in [0.2, 0.25) is 0 Å². The quantitative estimate of drug-likeness (QED) is 0.117. The third-order valence-corrected chi connectivity index (χ3v) is 9.54. The van der Waals surface area contributed by atoms with E-state index in [0.717, 1.165) is 38.5 Å². The number of Topliss-reactive ketones (excluding diaryl/α,β-unsaturated/α-hetero) is 1. The Hall–Kier alpha value is -1.51. The van der Waals surface area contributed by atoms with Crippen LogP contribution in [0.1, 0.15) is 135 Å². The molecule has 0 spiro atoms. The Balaban J connectivity index is 2.13. The summed E-state index contributed by atoms with van der Waals surface area (Å²) >= 11 is 0. The molecule has 2 fully saturated rings. The largest absolute Gasteiger partial charge is 0.481 e. The van der Waals surface area contributed by atoms with Crippen LogP contribution < -0.4 is 0 Å². The Kier molecular flexibility index (Phi) is 15.0. The molecule has 39 heavy (non-hydrogen) atoms. The summed E-state index contributed by atoms with van der Waals surface area (Å²) in [6.07, 6.45) is 12.0. The van der Waals surface area contributed by atoms with Crippen LogP contribution in [0.15, 0.2) is 0 Å². The number of aliphatic hydroxyl groups excluding tert-OH is 3. The molecule has 2 rings (SSSR count). The average molecular weight is 555 g/mol. The number of carboxylic acids is 2. The van der Waals surface area contributed by atoms with E-state index in [-0.39, 0.29) is 30.5 Å². The van der Waals surface area contributed by atoms with E-state index in [1.165, 1.54) is 19.3 Å². The van der Waals surface area contributed by atoms with E-state index in [9.17, 15) is 29.7 Å². The molecule has 2 aliphatic carbocycles. The van der Waals surface area contributed by atoms with Crippen LogP contribution in [-0.4, -0.2) is 61.6 Å². The SMILES string of the molecule is CCCCCCCCC(O)C1(C2CC(O)C(=O)C2CC(CCCCCC(=O)O)CCCC(=O)O)CCC(O)C1. The van der Waals surface area contributed by atoms with Crippen molar-refractivity contribution >= 4 is 17.7 Å². The molecule has 0 aliphatic heterocycles. The molecule has 0 aromatic rings. The smallest absolute Gasteiger partial charge is 0.303 e. The minimum absolute atomic E-state index is 0.0628. The molecule has 7 unspecified atom stereocenters. The molecule has 0 amide bonds. The molecule has 8 heteroatoms. The van der Waals surface area contributed by atoms with Crippen molar-refractivity contribution in [3.05, 3.63) is 0 Å². The van der Waals surface area contributed by atoms with Crippen LogP contribution in [0.2, 0.25) is 0 Å². The number of rotatable bonds is 21. The predicted molar refractivity (Wildman–Crippen MR) is 149 cm³/mol. The molecule has 226 valence electrons. The first-order valence-electron chi connectivity index (χ1n) is 15.6. The Morgan fingerprint density at radius 3 is 2.10 bits per heavy atom. The van der Waals surface area contributed by atoms with Gasteiger partial charge in [0.25, 0.3) is 0 Å². The van der Waals surface area contributed by atoms with E-state index < -0.39 is 41.6 Å². The van der Waals surface area contributed by atoms with E-state index in [2.05, 4.69) is 6.92 Å². The lowest BCUT2D eigenvalue weighted by Gasteiger charge is -2.43. The summed E-state index contributed by atoms with van der Waals surface area (Å²) < 4.78 is 0. The highest BCUT2D eigenvalue weighted by atomic mass is 16.4. The van der Waals surface area contributed by atoms with Gasteiger partial charge in [0.05, 0.1) is 12.2 Å². The standard InChI is InChI=1S/C31H54O8/c1-2-3-4-5-6-9-14-27(34)31(18-17-23(32)21-31)25-20-26(33)30(39)24(25)19-22(13-11-16-29(37)38)12-8-7-10-15-28(35)36/h22-27,32-34H,2-21H2,1H3,(H,35,36)(H,37,38). The van der Waals surface area contributed by atoms with Crippen LogP contribution in [0.5, 0.6) is 0 Å². The number of aliphatic carboxylic acids is 2. The van der Waals surface area contributed by atoms with Crippen LogP contribution in [0.3, 0.4) is 0 Å². The van der Waals surface area contributed by atoms with Crippen molar-refractivity contribution in [1.82, 2.24) is 0 Å². The molecule has 7 atom stereocenters. The molecule has 0 aromatic carbocycles. The van der Waals surface area contributed by atoms with Gasteiger partial charge < -0.3 is 25.5 Å². The maximum atomic E-state index is 13.3. The summed E-state index contributed by atoms with van der Waals surface area (Å²) in [6, 6.07) is 0. The summed E-state index contributed by atoms with van der Waals surface area (Å²) in [5.41, 5.74) is -0.590. The van der Waals surface area contributed by atoms with Gasteiger partial charge in [-0.3, -0.25) is 14.4 Å². The highest BCUT2D eigenvalue weighted by Gasteiger charge is 2.57. The second kappa shape index (κ2) is 17.3. The number of carboxylic acid groups (broad SMARTS) is 2. The third kappa shape index (κ3) is 10.8. The molecule has 0 heterocycles. The minimum Gasteiger partial charge on any atom is -0.481 e. The monoisotopic (exact) mass is 554 g/mol. The molecular weight excluding hydrogens is 500 g/mol. The molecule has 2 saturated carbocycles. The van der Waals surface area contributed by atoms with E-state index in [4.69, 9.17) is 10.2 Å². The van der Waals surface area contributed by atoms with Crippen LogP contribution in [0, 0.1) is 23.2 Å². The number of aliphatic hydroxyl groups is 3. The first-order chi connectivity index (χ1) is 18.6. The number of hydrogen-bond donors (Lipinski definition) is 5. The van der Waals surface area contributed by atoms with Crippen molar-refractivity contribution in [2.24, 2.45) is 23.2 Å². The summed E-state index contributed by atoms with van der Waals surface area (Å²) in [4.78, 5) is 35.3. The Bertz CT molecular complexity index is 755. The average Bonchev–Trinajstić information content (AvgIpc) is 3.41. The Morgan fingerprint density at radius 2 is 1.46 bits per heavy atom. The van der Waals surface area contributed by atoms with E-state index in [0.29, 0.717) is 57.8 Å². The molecular formula is C31H54O8. The topological polar surface area (TPSA) is 152 Å². The fourth-order valence-corrected chi connectivity index (χ4v) is 7.42. The van der Waals surface area contributed by atoms with Gasteiger partial charge in [-0.25, -0.2) is 0 Å². The highest BCUT2D eigenvalue weighted by molar-refractivity contribution is 5.87. The molecule has 5 N–H and O–H groups in total. The van der Waals surface area contributed by atoms with E-state index >= 15 is 0 Å². The minimum atomic E-state index is -1.06. The number of carbonyl (C=O) groups is 3. The first-order valence-corrected chi connectivity index (χ1v) is 15.6. The molecule has 0 radical (unpaired) electrons. The van der Waals surface area contributed by atoms with Gasteiger partial charge in [0.15, 0.2) is 5.78 Å². The van der Waals surface area contributed by atoms with Gasteiger partial charge in [0.1, 0.15) is 6.10 Å². The van der Waals surface area contributed by atoms with Gasteiger partial charge in [-0.1, -0.05) is 64.7 Å². The molecule has 2 aliphatic rings. The van der Waals surface area contributed by atoms with Crippen molar-refractivity contribution in [3.8, 4) is 0 Å². The maximum Gasteiger partial charge on any atom is 0.303 e. The lowest BCUT2D eigenvalue weighted by atomic mass is 9.63. The van der Waals surface area contributed by atoms with Crippen molar-refractivity contribution < 1.29 is 39.9 Å². The van der Waals surface area contributed by atoms with Gasteiger partial charge in [-0.15, -0.1) is 0 Å².